The molecule has 1 fully saturated rings. The molecule has 1 heterocycles. The third-order valence-electron chi connectivity index (χ3n) is 2.81. The Morgan fingerprint density at radius 2 is 2.14 bits per heavy atom. The molecule has 4 nitrogen and oxygen atoms in total. The minimum Gasteiger partial charge on any atom is -0.472 e. The van der Waals surface area contributed by atoms with Gasteiger partial charge in [-0.2, -0.15) is 0 Å². The van der Waals surface area contributed by atoms with Crippen molar-refractivity contribution in [1.82, 2.24) is 5.32 Å². The van der Waals surface area contributed by atoms with Crippen molar-refractivity contribution in [3.05, 3.63) is 0 Å². The molecule has 1 aliphatic rings. The minimum atomic E-state index is -1.03. The number of carbonyl (C=O) groups is 1. The highest BCUT2D eigenvalue weighted by Crippen LogP contribution is 2.06. The molecular formula is C10H17N2O2+. The molecule has 1 aliphatic heterocycles. The molecule has 0 aromatic rings. The number of rotatable bonds is 2. The molecule has 14 heavy (non-hydrogen) atoms. The summed E-state index contributed by atoms with van der Waals surface area (Å²) in [6.45, 7) is 7.91. The van der Waals surface area contributed by atoms with Gasteiger partial charge >= 0.3 is 5.97 Å². The first-order chi connectivity index (χ1) is 6.68. The minimum absolute atomic E-state index is 0.657. The molecular weight excluding hydrogens is 180 g/mol. The predicted molar refractivity (Wildman–Crippen MR) is 53.7 cm³/mol. The Morgan fingerprint density at radius 3 is 2.64 bits per heavy atom. The molecule has 1 rings (SSSR count). The third kappa shape index (κ3) is 3.02. The Morgan fingerprint density at radius 1 is 1.50 bits per heavy atom. The number of carboxylic acids is 1. The maximum Gasteiger partial charge on any atom is 0.382 e. The van der Waals surface area contributed by atoms with Crippen LogP contribution >= 0.6 is 0 Å². The second kappa shape index (κ2) is 4.99. The van der Waals surface area contributed by atoms with Crippen molar-refractivity contribution < 1.29 is 14.4 Å². The molecule has 0 aromatic carbocycles. The van der Waals surface area contributed by atoms with Gasteiger partial charge in [-0.3, -0.25) is 0 Å². The number of piperazine rings is 1. The van der Waals surface area contributed by atoms with E-state index in [0.717, 1.165) is 37.2 Å². The van der Waals surface area contributed by atoms with Crippen LogP contribution in [0.1, 0.15) is 6.92 Å². The zero-order chi connectivity index (χ0) is 10.4. The first-order valence-corrected chi connectivity index (χ1v) is 4.96. The van der Waals surface area contributed by atoms with E-state index in [4.69, 9.17) is 5.11 Å². The third-order valence-corrected chi connectivity index (χ3v) is 2.81. The summed E-state index contributed by atoms with van der Waals surface area (Å²) in [5.41, 5.74) is 0. The largest absolute Gasteiger partial charge is 0.472 e. The van der Waals surface area contributed by atoms with E-state index in [-0.39, 0.29) is 0 Å². The number of hydrogen-bond donors (Lipinski definition) is 2. The van der Waals surface area contributed by atoms with Gasteiger partial charge in [0.25, 0.3) is 0 Å². The number of aliphatic carboxylic acids is 1. The topological polar surface area (TPSA) is 49.3 Å². The molecule has 0 unspecified atom stereocenters. The van der Waals surface area contributed by atoms with E-state index in [0.29, 0.717) is 6.54 Å². The summed E-state index contributed by atoms with van der Waals surface area (Å²) in [6.07, 6.45) is 0. The summed E-state index contributed by atoms with van der Waals surface area (Å²) < 4.78 is 0.924. The molecule has 1 saturated heterocycles. The standard InChI is InChI=1S/C10H16N2O2/c1-2-12(7-3-4-10(13)14)8-5-11-6-9-12/h11H,2,5-9H2,1H3/p+1. The van der Waals surface area contributed by atoms with Crippen molar-refractivity contribution in [2.24, 2.45) is 0 Å². The monoisotopic (exact) mass is 197 g/mol. The smallest absolute Gasteiger partial charge is 0.382 e. The maximum atomic E-state index is 10.2. The van der Waals surface area contributed by atoms with Gasteiger partial charge in [0.05, 0.1) is 19.6 Å². The van der Waals surface area contributed by atoms with Crippen LogP contribution in [-0.4, -0.2) is 54.8 Å². The van der Waals surface area contributed by atoms with E-state index >= 15 is 0 Å². The summed E-state index contributed by atoms with van der Waals surface area (Å²) in [6, 6.07) is 0. The van der Waals surface area contributed by atoms with Gasteiger partial charge in [0.1, 0.15) is 6.54 Å². The van der Waals surface area contributed by atoms with Crippen LogP contribution in [0.25, 0.3) is 0 Å². The first kappa shape index (κ1) is 11.0. The highest BCUT2D eigenvalue weighted by molar-refractivity contribution is 5.86. The van der Waals surface area contributed by atoms with Crippen molar-refractivity contribution in [3.63, 3.8) is 0 Å². The number of quaternary nitrogens is 1. The van der Waals surface area contributed by atoms with E-state index in [1.807, 2.05) is 0 Å². The molecule has 0 aliphatic carbocycles. The average molecular weight is 197 g/mol. The number of carboxylic acid groups (broad SMARTS) is 1. The molecule has 0 spiro atoms. The van der Waals surface area contributed by atoms with Gasteiger partial charge in [-0.05, 0) is 12.8 Å². The van der Waals surface area contributed by atoms with E-state index < -0.39 is 5.97 Å². The van der Waals surface area contributed by atoms with Crippen molar-refractivity contribution in [2.75, 3.05) is 39.3 Å². The van der Waals surface area contributed by atoms with Crippen LogP contribution in [0, 0.1) is 11.8 Å². The lowest BCUT2D eigenvalue weighted by Crippen LogP contribution is -2.58. The predicted octanol–water partition coefficient (Wildman–Crippen LogP) is -0.486. The summed E-state index contributed by atoms with van der Waals surface area (Å²) >= 11 is 0. The van der Waals surface area contributed by atoms with Crippen molar-refractivity contribution in [2.45, 2.75) is 6.92 Å². The fraction of sp³-hybridized carbons (Fsp3) is 0.700. The van der Waals surface area contributed by atoms with Gasteiger partial charge in [0, 0.05) is 19.0 Å². The van der Waals surface area contributed by atoms with Gasteiger partial charge in [-0.1, -0.05) is 0 Å². The summed E-state index contributed by atoms with van der Waals surface area (Å²) in [5.74, 6) is 3.89. The molecule has 0 amide bonds. The van der Waals surface area contributed by atoms with Crippen molar-refractivity contribution >= 4 is 5.97 Å². The highest BCUT2D eigenvalue weighted by atomic mass is 16.4. The molecule has 2 N–H and O–H groups in total. The molecule has 0 atom stereocenters. The summed E-state index contributed by atoms with van der Waals surface area (Å²) in [7, 11) is 0. The number of nitrogens with one attached hydrogen (secondary N) is 1. The van der Waals surface area contributed by atoms with E-state index in [1.165, 1.54) is 0 Å². The van der Waals surface area contributed by atoms with Crippen LogP contribution in [0.2, 0.25) is 0 Å². The van der Waals surface area contributed by atoms with Gasteiger partial charge < -0.3 is 14.9 Å². The average Bonchev–Trinajstić information content (AvgIpc) is 2.19. The Balaban J connectivity index is 2.53. The van der Waals surface area contributed by atoms with Crippen molar-refractivity contribution in [3.8, 4) is 11.8 Å². The highest BCUT2D eigenvalue weighted by Gasteiger charge is 2.26. The molecule has 0 bridgehead atoms. The van der Waals surface area contributed by atoms with Crippen LogP contribution in [-0.2, 0) is 4.79 Å². The second-order valence-electron chi connectivity index (χ2n) is 3.62. The number of likely N-dealkylation sites (N-methyl/N-ethyl adjacent to an activating group) is 1. The van der Waals surface area contributed by atoms with Gasteiger partial charge in [-0.25, -0.2) is 4.79 Å². The van der Waals surface area contributed by atoms with E-state index in [2.05, 4.69) is 24.1 Å². The van der Waals surface area contributed by atoms with Crippen LogP contribution in [0.3, 0.4) is 0 Å². The lowest BCUT2D eigenvalue weighted by atomic mass is 10.2. The molecule has 0 radical (unpaired) electrons. The Kier molecular flexibility index (Phi) is 3.93. The second-order valence-corrected chi connectivity index (χ2v) is 3.62. The fourth-order valence-electron chi connectivity index (χ4n) is 1.74. The molecule has 4 heteroatoms. The van der Waals surface area contributed by atoms with Gasteiger partial charge in [0.15, 0.2) is 0 Å². The van der Waals surface area contributed by atoms with E-state index in [9.17, 15) is 4.79 Å². The van der Waals surface area contributed by atoms with Crippen LogP contribution in [0.15, 0.2) is 0 Å². The van der Waals surface area contributed by atoms with Crippen molar-refractivity contribution in [1.29, 1.82) is 0 Å². The summed E-state index contributed by atoms with van der Waals surface area (Å²) in [4.78, 5) is 10.2. The lowest BCUT2D eigenvalue weighted by molar-refractivity contribution is -0.921. The van der Waals surface area contributed by atoms with Gasteiger partial charge in [-0.15, -0.1) is 0 Å². The van der Waals surface area contributed by atoms with Gasteiger partial charge in [0.2, 0.25) is 0 Å². The van der Waals surface area contributed by atoms with Crippen LogP contribution in [0.4, 0.5) is 0 Å². The Hall–Kier alpha value is -1.05. The zero-order valence-corrected chi connectivity index (χ0v) is 8.55. The molecule has 0 saturated carbocycles. The summed E-state index contributed by atoms with van der Waals surface area (Å²) in [5, 5.41) is 11.7. The first-order valence-electron chi connectivity index (χ1n) is 4.96. The number of nitrogens with zero attached hydrogens (tertiary/aromatic N) is 1. The molecule has 78 valence electrons. The number of hydrogen-bond acceptors (Lipinski definition) is 2. The van der Waals surface area contributed by atoms with E-state index in [1.54, 1.807) is 0 Å². The zero-order valence-electron chi connectivity index (χ0n) is 8.55. The molecule has 0 aromatic heterocycles. The fourth-order valence-corrected chi connectivity index (χ4v) is 1.74. The SMILES string of the molecule is CC[N+]1(CC#CC(=O)O)CCNCC1. The maximum absolute atomic E-state index is 10.2. The van der Waals surface area contributed by atoms with Crippen LogP contribution in [0.5, 0.6) is 0 Å². The normalized spacial score (nSPS) is 19.5. The van der Waals surface area contributed by atoms with Crippen LogP contribution < -0.4 is 5.32 Å². The Labute approximate surface area is 84.5 Å². The lowest BCUT2D eigenvalue weighted by Gasteiger charge is -2.39. The quantitative estimate of drug-likeness (QED) is 0.464. The Bertz CT molecular complexity index is 259.